The highest BCUT2D eigenvalue weighted by molar-refractivity contribution is 8.07. The van der Waals surface area contributed by atoms with E-state index >= 15 is 0 Å². The van der Waals surface area contributed by atoms with Gasteiger partial charge in [0.1, 0.15) is 0 Å². The average Bonchev–Trinajstić information content (AvgIpc) is 2.68. The van der Waals surface area contributed by atoms with E-state index in [1.54, 1.807) is 0 Å². The first-order chi connectivity index (χ1) is 9.11. The van der Waals surface area contributed by atoms with Crippen LogP contribution >= 0.6 is 34.9 Å². The summed E-state index contributed by atoms with van der Waals surface area (Å²) >= 11 is 6.13. The summed E-state index contributed by atoms with van der Waals surface area (Å²) in [5.41, 5.74) is 1.20. The molecule has 0 bridgehead atoms. The van der Waals surface area contributed by atoms with Crippen LogP contribution in [0.25, 0.3) is 0 Å². The van der Waals surface area contributed by atoms with Gasteiger partial charge in [0.15, 0.2) is 0 Å². The quantitative estimate of drug-likeness (QED) is 0.898. The molecule has 5 heteroatoms. The van der Waals surface area contributed by atoms with E-state index in [-0.39, 0.29) is 0 Å². The Morgan fingerprint density at radius 2 is 2.05 bits per heavy atom. The molecule has 1 aromatic rings. The Balaban J connectivity index is 2.06. The molecular weight excluding hydrogens is 292 g/mol. The molecule has 0 amide bonds. The van der Waals surface area contributed by atoms with Crippen molar-refractivity contribution in [2.45, 2.75) is 50.7 Å². The van der Waals surface area contributed by atoms with Crippen LogP contribution in [0, 0.1) is 13.8 Å². The number of nitrogens with one attached hydrogen (secondary N) is 1. The van der Waals surface area contributed by atoms with E-state index in [0.717, 1.165) is 18.2 Å². The van der Waals surface area contributed by atoms with Crippen molar-refractivity contribution in [1.82, 2.24) is 10.3 Å². The van der Waals surface area contributed by atoms with Gasteiger partial charge in [0.25, 0.3) is 0 Å². The largest absolute Gasteiger partial charge is 0.313 e. The number of aromatic nitrogens is 1. The molecule has 1 fully saturated rings. The van der Waals surface area contributed by atoms with Crippen LogP contribution in [0.3, 0.4) is 0 Å². The summed E-state index contributed by atoms with van der Waals surface area (Å²) < 4.78 is 0. The number of aryl methyl sites for hydroxylation is 2. The van der Waals surface area contributed by atoms with Gasteiger partial charge in [-0.25, -0.2) is 4.98 Å². The van der Waals surface area contributed by atoms with Gasteiger partial charge in [-0.2, -0.15) is 23.5 Å². The number of thiazole rings is 1. The second-order valence-electron chi connectivity index (χ2n) is 5.03. The second-order valence-corrected chi connectivity index (χ2v) is 9.09. The van der Waals surface area contributed by atoms with Crippen LogP contribution < -0.4 is 5.32 Å². The van der Waals surface area contributed by atoms with Crippen molar-refractivity contribution in [3.8, 4) is 0 Å². The van der Waals surface area contributed by atoms with E-state index in [1.807, 2.05) is 11.3 Å². The molecule has 0 radical (unpaired) electrons. The molecular formula is C14H24N2S3. The smallest absolute Gasteiger partial charge is 0.0946 e. The number of hydrogen-bond donors (Lipinski definition) is 1. The lowest BCUT2D eigenvalue weighted by molar-refractivity contribution is 0.500. The number of hydrogen-bond acceptors (Lipinski definition) is 5. The molecule has 0 spiro atoms. The minimum Gasteiger partial charge on any atom is -0.313 e. The van der Waals surface area contributed by atoms with Gasteiger partial charge in [0, 0.05) is 39.3 Å². The normalized spacial score (nSPS) is 25.5. The Bertz CT molecular complexity index is 386. The maximum absolute atomic E-state index is 4.71. The zero-order valence-electron chi connectivity index (χ0n) is 12.2. The lowest BCUT2D eigenvalue weighted by atomic mass is 10.1. The van der Waals surface area contributed by atoms with Gasteiger partial charge in [-0.3, -0.25) is 0 Å². The molecule has 2 rings (SSSR count). The van der Waals surface area contributed by atoms with Crippen molar-refractivity contribution in [3.63, 3.8) is 0 Å². The van der Waals surface area contributed by atoms with Gasteiger partial charge < -0.3 is 5.32 Å². The van der Waals surface area contributed by atoms with E-state index < -0.39 is 0 Å². The molecule has 0 saturated carbocycles. The predicted octanol–water partition coefficient (Wildman–Crippen LogP) is 3.52. The fourth-order valence-electron chi connectivity index (χ4n) is 2.47. The number of thioether (sulfide) groups is 2. The fraction of sp³-hybridized carbons (Fsp3) is 0.786. The Labute approximate surface area is 129 Å². The minimum absolute atomic E-state index is 0.558. The van der Waals surface area contributed by atoms with Crippen LogP contribution in [0.1, 0.15) is 29.4 Å². The lowest BCUT2D eigenvalue weighted by Crippen LogP contribution is -2.45. The summed E-state index contributed by atoms with van der Waals surface area (Å²) in [5.74, 6) is 2.59. The molecule has 2 heterocycles. The SMILES string of the molecule is CCNC(Cc1nc(C)c(C)s1)C1SCCSC1C. The molecule has 3 unspecified atom stereocenters. The molecule has 1 aliphatic rings. The third-order valence-corrected chi connectivity index (χ3v) is 7.91. The Morgan fingerprint density at radius 1 is 1.32 bits per heavy atom. The predicted molar refractivity (Wildman–Crippen MR) is 90.9 cm³/mol. The summed E-state index contributed by atoms with van der Waals surface area (Å²) in [7, 11) is 0. The molecule has 108 valence electrons. The maximum Gasteiger partial charge on any atom is 0.0946 e. The molecule has 2 nitrogen and oxygen atoms in total. The second kappa shape index (κ2) is 7.34. The third kappa shape index (κ3) is 4.13. The molecule has 0 aromatic carbocycles. The third-order valence-electron chi connectivity index (χ3n) is 3.57. The monoisotopic (exact) mass is 316 g/mol. The van der Waals surface area contributed by atoms with Crippen molar-refractivity contribution in [2.75, 3.05) is 18.1 Å². The first-order valence-corrected chi connectivity index (χ1v) is 9.92. The first-order valence-electron chi connectivity index (χ1n) is 7.01. The number of likely N-dealkylation sites (N-methyl/N-ethyl adjacent to an activating group) is 1. The molecule has 3 atom stereocenters. The minimum atomic E-state index is 0.558. The van der Waals surface area contributed by atoms with Crippen LogP contribution in [-0.2, 0) is 6.42 Å². The molecule has 0 aliphatic carbocycles. The molecule has 1 aromatic heterocycles. The average molecular weight is 317 g/mol. The van der Waals surface area contributed by atoms with Crippen LogP contribution in [-0.4, -0.2) is 39.6 Å². The molecule has 1 saturated heterocycles. The van der Waals surface area contributed by atoms with Gasteiger partial charge in [-0.15, -0.1) is 11.3 Å². The summed E-state index contributed by atoms with van der Waals surface area (Å²) in [6.45, 7) is 9.92. The summed E-state index contributed by atoms with van der Waals surface area (Å²) in [5, 5.41) is 6.44. The van der Waals surface area contributed by atoms with Crippen molar-refractivity contribution in [1.29, 1.82) is 0 Å². The van der Waals surface area contributed by atoms with Crippen molar-refractivity contribution in [2.24, 2.45) is 0 Å². The molecule has 1 aliphatic heterocycles. The highest BCUT2D eigenvalue weighted by Crippen LogP contribution is 2.34. The van der Waals surface area contributed by atoms with Crippen molar-refractivity contribution >= 4 is 34.9 Å². The zero-order chi connectivity index (χ0) is 13.8. The van der Waals surface area contributed by atoms with E-state index in [2.05, 4.69) is 56.5 Å². The van der Waals surface area contributed by atoms with Crippen molar-refractivity contribution in [3.05, 3.63) is 15.6 Å². The molecule has 19 heavy (non-hydrogen) atoms. The van der Waals surface area contributed by atoms with Gasteiger partial charge >= 0.3 is 0 Å². The Morgan fingerprint density at radius 3 is 2.63 bits per heavy atom. The summed E-state index contributed by atoms with van der Waals surface area (Å²) in [6, 6.07) is 0.558. The summed E-state index contributed by atoms with van der Waals surface area (Å²) in [4.78, 5) is 6.08. The van der Waals surface area contributed by atoms with Gasteiger partial charge in [0.05, 0.1) is 10.7 Å². The van der Waals surface area contributed by atoms with E-state index in [9.17, 15) is 0 Å². The Hall–Kier alpha value is 0.290. The van der Waals surface area contributed by atoms with E-state index in [0.29, 0.717) is 11.3 Å². The van der Waals surface area contributed by atoms with Gasteiger partial charge in [-0.05, 0) is 20.4 Å². The van der Waals surface area contributed by atoms with Crippen LogP contribution in [0.2, 0.25) is 0 Å². The van der Waals surface area contributed by atoms with Gasteiger partial charge in [-0.1, -0.05) is 13.8 Å². The summed E-state index contributed by atoms with van der Waals surface area (Å²) in [6.07, 6.45) is 1.08. The highest BCUT2D eigenvalue weighted by Gasteiger charge is 2.30. The first kappa shape index (κ1) is 15.7. The van der Waals surface area contributed by atoms with E-state index in [1.165, 1.54) is 27.1 Å². The fourth-order valence-corrected chi connectivity index (χ4v) is 6.43. The van der Waals surface area contributed by atoms with Crippen LogP contribution in [0.4, 0.5) is 0 Å². The maximum atomic E-state index is 4.71. The van der Waals surface area contributed by atoms with Crippen LogP contribution in [0.15, 0.2) is 0 Å². The zero-order valence-corrected chi connectivity index (χ0v) is 14.7. The highest BCUT2D eigenvalue weighted by atomic mass is 32.2. The topological polar surface area (TPSA) is 24.9 Å². The van der Waals surface area contributed by atoms with E-state index in [4.69, 9.17) is 4.98 Å². The molecule has 1 N–H and O–H groups in total. The van der Waals surface area contributed by atoms with Crippen molar-refractivity contribution < 1.29 is 0 Å². The van der Waals surface area contributed by atoms with Gasteiger partial charge in [0.2, 0.25) is 0 Å². The number of nitrogens with zero attached hydrogens (tertiary/aromatic N) is 1. The standard InChI is InChI=1S/C14H24N2S3/c1-5-15-12(14-11(4)17-6-7-18-14)8-13-16-9(2)10(3)19-13/h11-12,14-15H,5-8H2,1-4H3. The lowest BCUT2D eigenvalue weighted by Gasteiger charge is -2.34. The number of rotatable bonds is 5. The Kier molecular flexibility index (Phi) is 6.06. The van der Waals surface area contributed by atoms with Crippen LogP contribution in [0.5, 0.6) is 0 Å².